The molecule has 4 rings (SSSR count). The Hall–Kier alpha value is -2.87. The number of aromatic nitrogens is 4. The van der Waals surface area contributed by atoms with Crippen LogP contribution in [0, 0.1) is 12.3 Å². The molecule has 8 heteroatoms. The molecule has 3 aromatic rings. The molecule has 1 amide bonds. The third-order valence-electron chi connectivity index (χ3n) is 5.88. The number of nitrogens with one attached hydrogen (secondary N) is 3. The Labute approximate surface area is 192 Å². The van der Waals surface area contributed by atoms with E-state index in [1.165, 1.54) is 30.2 Å². The number of amides is 1. The number of para-hydroxylation sites is 1. The number of rotatable bonds is 8. The molecule has 0 radical (unpaired) electrons. The van der Waals surface area contributed by atoms with Gasteiger partial charge >= 0.3 is 0 Å². The number of allylic oxidation sites excluding steroid dienone is 1. The van der Waals surface area contributed by atoms with Crippen molar-refractivity contribution >= 4 is 28.7 Å². The average molecular weight is 451 g/mol. The quantitative estimate of drug-likeness (QED) is 0.272. The Kier molecular flexibility index (Phi) is 7.09. The summed E-state index contributed by atoms with van der Waals surface area (Å²) in [4.78, 5) is 17.2. The van der Waals surface area contributed by atoms with Gasteiger partial charge in [0.15, 0.2) is 10.8 Å². The van der Waals surface area contributed by atoms with E-state index >= 15 is 0 Å². The third kappa shape index (κ3) is 4.80. The van der Waals surface area contributed by atoms with Crippen molar-refractivity contribution in [1.29, 1.82) is 5.41 Å². The summed E-state index contributed by atoms with van der Waals surface area (Å²) in [5, 5.41) is 20.4. The predicted molar refractivity (Wildman–Crippen MR) is 128 cm³/mol. The van der Waals surface area contributed by atoms with Crippen molar-refractivity contribution < 1.29 is 4.79 Å². The molecule has 7 nitrogen and oxygen atoms in total. The van der Waals surface area contributed by atoms with Gasteiger partial charge in [0.25, 0.3) is 0 Å². The van der Waals surface area contributed by atoms with Gasteiger partial charge in [-0.2, -0.15) is 5.10 Å². The first kappa shape index (κ1) is 22.3. The van der Waals surface area contributed by atoms with Crippen molar-refractivity contribution in [3.8, 4) is 5.69 Å². The highest BCUT2D eigenvalue weighted by Crippen LogP contribution is 2.24. The number of aromatic amines is 1. The third-order valence-corrected chi connectivity index (χ3v) is 6.82. The van der Waals surface area contributed by atoms with E-state index in [4.69, 9.17) is 10.4 Å². The van der Waals surface area contributed by atoms with Crippen LogP contribution in [0.2, 0.25) is 0 Å². The molecule has 0 saturated carbocycles. The van der Waals surface area contributed by atoms with Crippen molar-refractivity contribution in [2.24, 2.45) is 0 Å². The number of aryl methyl sites for hydroxylation is 2. The summed E-state index contributed by atoms with van der Waals surface area (Å²) < 4.78 is 1.84. The molecule has 0 spiro atoms. The van der Waals surface area contributed by atoms with Crippen molar-refractivity contribution in [3.63, 3.8) is 0 Å². The van der Waals surface area contributed by atoms with Crippen LogP contribution in [0.4, 0.5) is 0 Å². The zero-order chi connectivity index (χ0) is 22.5. The maximum absolute atomic E-state index is 12.5. The second-order valence-corrected chi connectivity index (χ2v) is 9.05. The van der Waals surface area contributed by atoms with Crippen LogP contribution in [0.5, 0.6) is 0 Å². The zero-order valence-corrected chi connectivity index (χ0v) is 19.5. The number of carbonyl (C=O) groups is 1. The number of fused-ring (bicyclic) bond motifs is 1. The predicted octanol–water partition coefficient (Wildman–Crippen LogP) is 4.20. The zero-order valence-electron chi connectivity index (χ0n) is 18.7. The van der Waals surface area contributed by atoms with Gasteiger partial charge < -0.3 is 5.32 Å². The summed E-state index contributed by atoms with van der Waals surface area (Å²) in [5.41, 5.74) is 5.14. The smallest absolute Gasteiger partial charge is 0.230 e. The van der Waals surface area contributed by atoms with Crippen LogP contribution in [0.1, 0.15) is 50.3 Å². The second-order valence-electron chi connectivity index (χ2n) is 8.10. The highest BCUT2D eigenvalue weighted by atomic mass is 32.2. The van der Waals surface area contributed by atoms with Crippen LogP contribution >= 0.6 is 11.8 Å². The van der Waals surface area contributed by atoms with Gasteiger partial charge in [0, 0.05) is 12.2 Å². The van der Waals surface area contributed by atoms with E-state index in [9.17, 15) is 4.79 Å². The van der Waals surface area contributed by atoms with Gasteiger partial charge in [-0.3, -0.25) is 19.9 Å². The molecular formula is C24H30N6OS. The fourth-order valence-electron chi connectivity index (χ4n) is 4.15. The number of H-pyrrole nitrogens is 1. The van der Waals surface area contributed by atoms with E-state index in [-0.39, 0.29) is 11.7 Å². The Morgan fingerprint density at radius 3 is 2.94 bits per heavy atom. The molecule has 2 heterocycles. The first-order valence-electron chi connectivity index (χ1n) is 11.3. The fraction of sp³-hybridized carbons (Fsp3) is 0.417. The highest BCUT2D eigenvalue weighted by Gasteiger charge is 2.17. The van der Waals surface area contributed by atoms with E-state index in [2.05, 4.69) is 34.6 Å². The molecule has 0 saturated heterocycles. The van der Waals surface area contributed by atoms with Gasteiger partial charge in [0.05, 0.1) is 16.8 Å². The standard InChI is InChI=1S/C24H30N6OS/c1-3-18-11-7-8-12-19(18)30-22(25)21-16(2)28-29-23(21)27-24(30)32-15-20(31)26-14-13-17-9-5-4-6-10-17/h7-9,11-12,25H,3-6,10,13-15H2,1-2H3,(H,26,31)(H,28,29). The van der Waals surface area contributed by atoms with Gasteiger partial charge in [-0.1, -0.05) is 48.5 Å². The maximum atomic E-state index is 12.5. The van der Waals surface area contributed by atoms with Gasteiger partial charge in [-0.15, -0.1) is 0 Å². The summed E-state index contributed by atoms with van der Waals surface area (Å²) in [7, 11) is 0. The number of hydrogen-bond donors (Lipinski definition) is 3. The first-order chi connectivity index (χ1) is 15.6. The minimum atomic E-state index is -0.0200. The lowest BCUT2D eigenvalue weighted by molar-refractivity contribution is -0.118. The Bertz CT molecular complexity index is 1210. The molecule has 0 bridgehead atoms. The largest absolute Gasteiger partial charge is 0.355 e. The second kappa shape index (κ2) is 10.2. The first-order valence-corrected chi connectivity index (χ1v) is 12.2. The molecule has 32 heavy (non-hydrogen) atoms. The lowest BCUT2D eigenvalue weighted by Gasteiger charge is -2.16. The number of carbonyl (C=O) groups excluding carboxylic acids is 1. The van der Waals surface area contributed by atoms with Crippen molar-refractivity contribution in [2.75, 3.05) is 12.3 Å². The molecule has 3 N–H and O–H groups in total. The van der Waals surface area contributed by atoms with Crippen molar-refractivity contribution in [1.82, 2.24) is 25.1 Å². The van der Waals surface area contributed by atoms with E-state index in [0.29, 0.717) is 28.2 Å². The molecule has 0 unspecified atom stereocenters. The minimum Gasteiger partial charge on any atom is -0.355 e. The lowest BCUT2D eigenvalue weighted by Crippen LogP contribution is -2.28. The van der Waals surface area contributed by atoms with Gasteiger partial charge in [-0.25, -0.2) is 4.98 Å². The number of nitrogens with zero attached hydrogens (tertiary/aromatic N) is 3. The van der Waals surface area contributed by atoms with Crippen LogP contribution in [0.15, 0.2) is 41.1 Å². The van der Waals surface area contributed by atoms with Gasteiger partial charge in [0.1, 0.15) is 5.49 Å². The normalized spacial score (nSPS) is 13.9. The van der Waals surface area contributed by atoms with E-state index in [1.807, 2.05) is 29.7 Å². The van der Waals surface area contributed by atoms with Crippen molar-refractivity contribution in [2.45, 2.75) is 57.5 Å². The maximum Gasteiger partial charge on any atom is 0.230 e. The number of benzene rings is 1. The minimum absolute atomic E-state index is 0.0200. The van der Waals surface area contributed by atoms with E-state index < -0.39 is 0 Å². The van der Waals surface area contributed by atoms with Crippen LogP contribution in [-0.4, -0.2) is 38.0 Å². The lowest BCUT2D eigenvalue weighted by atomic mass is 9.97. The van der Waals surface area contributed by atoms with E-state index in [0.717, 1.165) is 42.6 Å². The molecule has 1 aliphatic carbocycles. The number of hydrogen-bond acceptors (Lipinski definition) is 5. The van der Waals surface area contributed by atoms with Crippen LogP contribution in [0.25, 0.3) is 16.7 Å². The van der Waals surface area contributed by atoms with Crippen LogP contribution in [0.3, 0.4) is 0 Å². The average Bonchev–Trinajstić information content (AvgIpc) is 3.19. The molecule has 0 fully saturated rings. The molecular weight excluding hydrogens is 420 g/mol. The topological polar surface area (TPSA) is 99.4 Å². The number of thioether (sulfide) groups is 1. The van der Waals surface area contributed by atoms with E-state index in [1.54, 1.807) is 0 Å². The van der Waals surface area contributed by atoms with Gasteiger partial charge in [-0.05, 0) is 57.1 Å². The highest BCUT2D eigenvalue weighted by molar-refractivity contribution is 7.99. The SMILES string of the molecule is CCc1ccccc1-n1c(SCC(=O)NCCC2=CCCCC2)nc2n[nH]c(C)c2c1=N. The molecule has 2 aromatic heterocycles. The fourth-order valence-corrected chi connectivity index (χ4v) is 4.98. The molecule has 1 aliphatic rings. The molecule has 168 valence electrons. The van der Waals surface area contributed by atoms with Gasteiger partial charge in [0.2, 0.25) is 5.91 Å². The summed E-state index contributed by atoms with van der Waals surface area (Å²) in [5.74, 6) is 0.225. The Balaban J connectivity index is 1.56. The Morgan fingerprint density at radius 1 is 1.31 bits per heavy atom. The molecule has 0 aliphatic heterocycles. The van der Waals surface area contributed by atoms with Crippen LogP contribution < -0.4 is 10.8 Å². The summed E-state index contributed by atoms with van der Waals surface area (Å²) >= 11 is 1.34. The molecule has 0 atom stereocenters. The summed E-state index contributed by atoms with van der Waals surface area (Å²) in [6.45, 7) is 4.66. The monoisotopic (exact) mass is 450 g/mol. The van der Waals surface area contributed by atoms with Crippen molar-refractivity contribution in [3.05, 3.63) is 52.7 Å². The summed E-state index contributed by atoms with van der Waals surface area (Å²) in [6, 6.07) is 8.04. The van der Waals surface area contributed by atoms with Crippen LogP contribution in [-0.2, 0) is 11.2 Å². The molecule has 1 aromatic carbocycles. The summed E-state index contributed by atoms with van der Waals surface area (Å²) in [6.07, 6.45) is 8.93. The Morgan fingerprint density at radius 2 is 2.16 bits per heavy atom.